The van der Waals surface area contributed by atoms with Crippen molar-refractivity contribution in [1.29, 1.82) is 0 Å². The Morgan fingerprint density at radius 2 is 2.00 bits per heavy atom. The van der Waals surface area contributed by atoms with Gasteiger partial charge in [-0.3, -0.25) is 14.8 Å². The van der Waals surface area contributed by atoms with E-state index >= 15 is 0 Å². The van der Waals surface area contributed by atoms with Gasteiger partial charge in [-0.2, -0.15) is 0 Å². The Balaban J connectivity index is 1.27. The molecule has 4 heterocycles. The fraction of sp³-hybridized carbons (Fsp3) is 0.773. The topological polar surface area (TPSA) is 56.5 Å². The summed E-state index contributed by atoms with van der Waals surface area (Å²) < 4.78 is 10.9. The minimum Gasteiger partial charge on any atom is -0.469 e. The molecular weight excluding hydrogens is 366 g/mol. The van der Waals surface area contributed by atoms with Gasteiger partial charge >= 0.3 is 0 Å². The number of furan rings is 1. The van der Waals surface area contributed by atoms with E-state index in [4.69, 9.17) is 14.1 Å². The molecule has 1 aromatic heterocycles. The van der Waals surface area contributed by atoms with Gasteiger partial charge in [0.2, 0.25) is 0 Å². The quantitative estimate of drug-likeness (QED) is 0.405. The predicted octanol–water partition coefficient (Wildman–Crippen LogP) is 1.66. The van der Waals surface area contributed by atoms with Crippen LogP contribution < -0.4 is 5.32 Å². The molecule has 3 aliphatic rings. The molecule has 0 aliphatic carbocycles. The third-order valence-electron chi connectivity index (χ3n) is 6.35. The molecule has 0 saturated carbocycles. The number of morpholine rings is 1. The Morgan fingerprint density at radius 1 is 1.14 bits per heavy atom. The number of nitrogens with one attached hydrogen (secondary N) is 1. The monoisotopic (exact) mass is 403 g/mol. The molecule has 3 fully saturated rings. The minimum atomic E-state index is 0.697. The standard InChI is InChI=1S/C22H37N5O2/c1-2-12-26(11-1)20-7-13-27(19-20)22(24-9-6-21-5-3-16-29-21)23-8-4-10-25-14-17-28-18-15-25/h3,5,16,20H,1-2,4,6-15,17-19H2,(H,23,24). The van der Waals surface area contributed by atoms with E-state index in [0.29, 0.717) is 6.04 Å². The van der Waals surface area contributed by atoms with Crippen LogP contribution in [0.1, 0.15) is 31.4 Å². The van der Waals surface area contributed by atoms with Crippen LogP contribution in [-0.2, 0) is 11.2 Å². The Kier molecular flexibility index (Phi) is 7.84. The highest BCUT2D eigenvalue weighted by atomic mass is 16.5. The number of aliphatic imine (C=N–C) groups is 1. The zero-order chi connectivity index (χ0) is 19.7. The van der Waals surface area contributed by atoms with Crippen LogP contribution in [0, 0.1) is 0 Å². The van der Waals surface area contributed by atoms with Crippen molar-refractivity contribution in [2.45, 2.75) is 38.1 Å². The Bertz CT molecular complexity index is 609. The van der Waals surface area contributed by atoms with Crippen molar-refractivity contribution in [2.75, 3.05) is 72.1 Å². The number of ether oxygens (including phenoxy) is 1. The number of guanidine groups is 1. The summed E-state index contributed by atoms with van der Waals surface area (Å²) >= 11 is 0. The smallest absolute Gasteiger partial charge is 0.193 e. The number of nitrogens with zero attached hydrogens (tertiary/aromatic N) is 4. The van der Waals surface area contributed by atoms with Gasteiger partial charge in [0.05, 0.1) is 19.5 Å². The number of likely N-dealkylation sites (tertiary alicyclic amines) is 2. The molecular formula is C22H37N5O2. The van der Waals surface area contributed by atoms with Crippen molar-refractivity contribution in [3.63, 3.8) is 0 Å². The molecule has 0 spiro atoms. The molecule has 1 aromatic rings. The van der Waals surface area contributed by atoms with E-state index in [0.717, 1.165) is 83.6 Å². The minimum absolute atomic E-state index is 0.697. The molecule has 0 radical (unpaired) electrons. The molecule has 0 bridgehead atoms. The molecule has 3 saturated heterocycles. The van der Waals surface area contributed by atoms with Crippen molar-refractivity contribution < 1.29 is 9.15 Å². The number of hydrogen-bond acceptors (Lipinski definition) is 5. The van der Waals surface area contributed by atoms with Crippen molar-refractivity contribution in [1.82, 2.24) is 20.0 Å². The molecule has 162 valence electrons. The summed E-state index contributed by atoms with van der Waals surface area (Å²) in [5.74, 6) is 2.11. The first kappa shape index (κ1) is 20.7. The highest BCUT2D eigenvalue weighted by Crippen LogP contribution is 2.20. The van der Waals surface area contributed by atoms with Crippen LogP contribution in [-0.4, -0.2) is 98.8 Å². The molecule has 1 N–H and O–H groups in total. The largest absolute Gasteiger partial charge is 0.469 e. The van der Waals surface area contributed by atoms with E-state index in [1.807, 2.05) is 12.1 Å². The zero-order valence-corrected chi connectivity index (χ0v) is 17.7. The summed E-state index contributed by atoms with van der Waals surface area (Å²) in [4.78, 5) is 12.6. The van der Waals surface area contributed by atoms with Crippen LogP contribution in [0.5, 0.6) is 0 Å². The van der Waals surface area contributed by atoms with Gasteiger partial charge in [-0.15, -0.1) is 0 Å². The molecule has 4 rings (SSSR count). The van der Waals surface area contributed by atoms with E-state index in [9.17, 15) is 0 Å². The van der Waals surface area contributed by atoms with E-state index in [2.05, 4.69) is 20.0 Å². The van der Waals surface area contributed by atoms with Gasteiger partial charge in [0, 0.05) is 58.3 Å². The summed E-state index contributed by atoms with van der Waals surface area (Å²) in [5, 5.41) is 3.61. The van der Waals surface area contributed by atoms with E-state index in [1.54, 1.807) is 6.26 Å². The van der Waals surface area contributed by atoms with Crippen LogP contribution in [0.3, 0.4) is 0 Å². The summed E-state index contributed by atoms with van der Waals surface area (Å²) in [6, 6.07) is 4.69. The lowest BCUT2D eigenvalue weighted by atomic mass is 10.2. The first-order chi connectivity index (χ1) is 14.4. The third kappa shape index (κ3) is 6.20. The van der Waals surface area contributed by atoms with Crippen molar-refractivity contribution >= 4 is 5.96 Å². The lowest BCUT2D eigenvalue weighted by molar-refractivity contribution is 0.0377. The molecule has 7 nitrogen and oxygen atoms in total. The molecule has 0 aromatic carbocycles. The van der Waals surface area contributed by atoms with Gasteiger partial charge < -0.3 is 19.4 Å². The second-order valence-corrected chi connectivity index (χ2v) is 8.40. The fourth-order valence-electron chi connectivity index (χ4n) is 4.66. The van der Waals surface area contributed by atoms with Gasteiger partial charge in [0.25, 0.3) is 0 Å². The average Bonchev–Trinajstić information content (AvgIpc) is 3.52. The highest BCUT2D eigenvalue weighted by molar-refractivity contribution is 5.80. The lowest BCUT2D eigenvalue weighted by Crippen LogP contribution is -2.43. The summed E-state index contributed by atoms with van der Waals surface area (Å²) in [5.41, 5.74) is 0. The lowest BCUT2D eigenvalue weighted by Gasteiger charge is -2.27. The van der Waals surface area contributed by atoms with Crippen LogP contribution in [0.15, 0.2) is 27.8 Å². The Labute approximate surface area is 175 Å². The second kappa shape index (κ2) is 11.0. The van der Waals surface area contributed by atoms with E-state index < -0.39 is 0 Å². The Hall–Kier alpha value is -1.57. The molecule has 7 heteroatoms. The zero-order valence-electron chi connectivity index (χ0n) is 17.7. The molecule has 1 unspecified atom stereocenters. The molecule has 1 atom stereocenters. The van der Waals surface area contributed by atoms with Gasteiger partial charge in [0.1, 0.15) is 5.76 Å². The maximum Gasteiger partial charge on any atom is 0.193 e. The first-order valence-electron chi connectivity index (χ1n) is 11.5. The Morgan fingerprint density at radius 3 is 2.79 bits per heavy atom. The van der Waals surface area contributed by atoms with Crippen molar-refractivity contribution in [2.24, 2.45) is 4.99 Å². The molecule has 0 amide bonds. The summed E-state index contributed by atoms with van der Waals surface area (Å²) in [6.07, 6.45) is 7.72. The normalized spacial score (nSPS) is 24.5. The number of hydrogen-bond donors (Lipinski definition) is 1. The maximum atomic E-state index is 5.48. The van der Waals surface area contributed by atoms with Gasteiger partial charge in [-0.25, -0.2) is 0 Å². The molecule has 29 heavy (non-hydrogen) atoms. The summed E-state index contributed by atoms with van der Waals surface area (Å²) in [6.45, 7) is 11.5. The van der Waals surface area contributed by atoms with E-state index in [-0.39, 0.29) is 0 Å². The summed E-state index contributed by atoms with van der Waals surface area (Å²) in [7, 11) is 0. The van der Waals surface area contributed by atoms with Crippen molar-refractivity contribution in [3.8, 4) is 0 Å². The van der Waals surface area contributed by atoms with Crippen LogP contribution in [0.2, 0.25) is 0 Å². The predicted molar refractivity (Wildman–Crippen MR) is 115 cm³/mol. The van der Waals surface area contributed by atoms with Crippen LogP contribution >= 0.6 is 0 Å². The second-order valence-electron chi connectivity index (χ2n) is 8.40. The van der Waals surface area contributed by atoms with Crippen LogP contribution in [0.4, 0.5) is 0 Å². The average molecular weight is 404 g/mol. The van der Waals surface area contributed by atoms with E-state index in [1.165, 1.54) is 32.4 Å². The fourth-order valence-corrected chi connectivity index (χ4v) is 4.66. The van der Waals surface area contributed by atoms with Gasteiger partial charge in [-0.1, -0.05) is 0 Å². The van der Waals surface area contributed by atoms with Gasteiger partial charge in [-0.05, 0) is 50.9 Å². The van der Waals surface area contributed by atoms with Crippen molar-refractivity contribution in [3.05, 3.63) is 24.2 Å². The SMILES string of the molecule is c1coc(CCNC(=NCCCN2CCOCC2)N2CCC(N3CCCC3)C2)c1. The molecule has 3 aliphatic heterocycles. The third-order valence-corrected chi connectivity index (χ3v) is 6.35. The number of rotatable bonds is 8. The van der Waals surface area contributed by atoms with Crippen LogP contribution in [0.25, 0.3) is 0 Å². The van der Waals surface area contributed by atoms with Gasteiger partial charge in [0.15, 0.2) is 5.96 Å². The highest BCUT2D eigenvalue weighted by Gasteiger charge is 2.30. The first-order valence-corrected chi connectivity index (χ1v) is 11.5. The maximum absolute atomic E-state index is 5.48.